The summed E-state index contributed by atoms with van der Waals surface area (Å²) in [7, 11) is 1.66. The van der Waals surface area contributed by atoms with Crippen molar-refractivity contribution in [3.63, 3.8) is 0 Å². The van der Waals surface area contributed by atoms with Crippen LogP contribution in [0.3, 0.4) is 0 Å². The smallest absolute Gasteiger partial charge is 0.308 e. The monoisotopic (exact) mass is 330 g/mol. The highest BCUT2D eigenvalue weighted by atomic mass is 16.5. The molecule has 0 amide bonds. The van der Waals surface area contributed by atoms with Gasteiger partial charge in [-0.1, -0.05) is 36.4 Å². The van der Waals surface area contributed by atoms with Crippen molar-refractivity contribution in [2.75, 3.05) is 7.11 Å². The number of rotatable bonds is 2. The van der Waals surface area contributed by atoms with Gasteiger partial charge in [-0.3, -0.25) is 4.79 Å². The number of benzene rings is 4. The Morgan fingerprint density at radius 3 is 2.32 bits per heavy atom. The van der Waals surface area contributed by atoms with Gasteiger partial charge in [-0.2, -0.15) is 0 Å². The first kappa shape index (κ1) is 15.5. The molecule has 0 saturated heterocycles. The number of aryl methyl sites for hydroxylation is 1. The molecule has 124 valence electrons. The third-order valence-corrected chi connectivity index (χ3v) is 4.68. The van der Waals surface area contributed by atoms with Gasteiger partial charge in [0.2, 0.25) is 0 Å². The van der Waals surface area contributed by atoms with Crippen LogP contribution in [-0.2, 0) is 4.79 Å². The molecule has 0 aromatic heterocycles. The van der Waals surface area contributed by atoms with Gasteiger partial charge in [0, 0.05) is 17.7 Å². The average Bonchev–Trinajstić information content (AvgIpc) is 2.63. The minimum Gasteiger partial charge on any atom is -0.497 e. The Labute approximate surface area is 145 Å². The lowest BCUT2D eigenvalue weighted by molar-refractivity contribution is -0.131. The first-order chi connectivity index (χ1) is 12.1. The first-order valence-corrected chi connectivity index (χ1v) is 8.20. The van der Waals surface area contributed by atoms with Crippen molar-refractivity contribution in [2.24, 2.45) is 0 Å². The van der Waals surface area contributed by atoms with E-state index >= 15 is 0 Å². The van der Waals surface area contributed by atoms with E-state index in [1.165, 1.54) is 12.5 Å². The van der Waals surface area contributed by atoms with Crippen molar-refractivity contribution >= 4 is 38.3 Å². The van der Waals surface area contributed by atoms with Crippen LogP contribution in [0.4, 0.5) is 0 Å². The Bertz CT molecular complexity index is 1140. The summed E-state index contributed by atoms with van der Waals surface area (Å²) in [6, 6.07) is 18.2. The van der Waals surface area contributed by atoms with Crippen LogP contribution in [0.5, 0.6) is 11.5 Å². The molecule has 0 aliphatic rings. The van der Waals surface area contributed by atoms with E-state index in [1.807, 2.05) is 36.4 Å². The fourth-order valence-electron chi connectivity index (χ4n) is 3.53. The van der Waals surface area contributed by atoms with E-state index in [9.17, 15) is 4.79 Å². The third kappa shape index (κ3) is 2.40. The highest BCUT2D eigenvalue weighted by Crippen LogP contribution is 2.42. The van der Waals surface area contributed by atoms with Crippen LogP contribution >= 0.6 is 0 Å². The number of fused-ring (bicyclic) bond motifs is 4. The summed E-state index contributed by atoms with van der Waals surface area (Å²) in [5.74, 6) is 1.11. The Morgan fingerprint density at radius 2 is 1.60 bits per heavy atom. The lowest BCUT2D eigenvalue weighted by atomic mass is 9.93. The minimum absolute atomic E-state index is 0.319. The SMILES string of the molecule is COc1ccc2c(ccc3c(C)c4ccccc4c(OC(C)=O)c32)c1. The van der Waals surface area contributed by atoms with Crippen molar-refractivity contribution in [3.05, 3.63) is 60.2 Å². The normalized spacial score (nSPS) is 11.2. The van der Waals surface area contributed by atoms with E-state index in [0.29, 0.717) is 5.75 Å². The molecule has 0 aliphatic carbocycles. The zero-order valence-electron chi connectivity index (χ0n) is 14.4. The van der Waals surface area contributed by atoms with E-state index in [-0.39, 0.29) is 5.97 Å². The highest BCUT2D eigenvalue weighted by Gasteiger charge is 2.16. The van der Waals surface area contributed by atoms with E-state index in [4.69, 9.17) is 9.47 Å². The number of esters is 1. The molecule has 0 saturated carbocycles. The standard InChI is InChI=1S/C22H18O3/c1-13-17-6-4-5-7-20(17)22(25-14(2)23)21-18(13)10-8-15-12-16(24-3)9-11-19(15)21/h4-12H,1-3H3. The fraction of sp³-hybridized carbons (Fsp3) is 0.136. The maximum atomic E-state index is 11.8. The molecule has 0 heterocycles. The maximum absolute atomic E-state index is 11.8. The molecule has 0 unspecified atom stereocenters. The van der Waals surface area contributed by atoms with E-state index < -0.39 is 0 Å². The predicted molar refractivity (Wildman–Crippen MR) is 102 cm³/mol. The molecule has 4 rings (SSSR count). The van der Waals surface area contributed by atoms with Crippen molar-refractivity contribution in [1.29, 1.82) is 0 Å². The zero-order chi connectivity index (χ0) is 17.6. The average molecular weight is 330 g/mol. The summed E-state index contributed by atoms with van der Waals surface area (Å²) in [6.07, 6.45) is 0. The molecule has 4 aromatic carbocycles. The van der Waals surface area contributed by atoms with Crippen LogP contribution in [0, 0.1) is 6.92 Å². The lowest BCUT2D eigenvalue weighted by Gasteiger charge is -2.16. The van der Waals surface area contributed by atoms with Crippen LogP contribution in [0.2, 0.25) is 0 Å². The van der Waals surface area contributed by atoms with Gasteiger partial charge >= 0.3 is 5.97 Å². The molecule has 0 aliphatic heterocycles. The van der Waals surface area contributed by atoms with Gasteiger partial charge in [0.1, 0.15) is 11.5 Å². The second kappa shape index (κ2) is 5.78. The number of methoxy groups -OCH3 is 1. The predicted octanol–water partition coefficient (Wildman–Crippen LogP) is 5.39. The summed E-state index contributed by atoms with van der Waals surface area (Å²) < 4.78 is 11.0. The van der Waals surface area contributed by atoms with Gasteiger partial charge in [0.25, 0.3) is 0 Å². The zero-order valence-corrected chi connectivity index (χ0v) is 14.4. The molecule has 0 spiro atoms. The van der Waals surface area contributed by atoms with E-state index in [1.54, 1.807) is 7.11 Å². The summed E-state index contributed by atoms with van der Waals surface area (Å²) in [5, 5.41) is 6.20. The molecule has 0 bridgehead atoms. The van der Waals surface area contributed by atoms with Gasteiger partial charge in [-0.25, -0.2) is 0 Å². The van der Waals surface area contributed by atoms with Crippen molar-refractivity contribution in [1.82, 2.24) is 0 Å². The van der Waals surface area contributed by atoms with Crippen LogP contribution < -0.4 is 9.47 Å². The largest absolute Gasteiger partial charge is 0.497 e. The Balaban J connectivity index is 2.24. The quantitative estimate of drug-likeness (QED) is 0.214. The van der Waals surface area contributed by atoms with Gasteiger partial charge < -0.3 is 9.47 Å². The second-order valence-electron chi connectivity index (χ2n) is 6.17. The molecule has 0 atom stereocenters. The van der Waals surface area contributed by atoms with Crippen LogP contribution in [0.25, 0.3) is 32.3 Å². The molecule has 4 aromatic rings. The fourth-order valence-corrected chi connectivity index (χ4v) is 3.53. The molecule has 0 fully saturated rings. The number of carbonyl (C=O) groups is 1. The maximum Gasteiger partial charge on any atom is 0.308 e. The molecule has 3 heteroatoms. The van der Waals surface area contributed by atoms with Gasteiger partial charge in [0.05, 0.1) is 7.11 Å². The topological polar surface area (TPSA) is 35.5 Å². The summed E-state index contributed by atoms with van der Waals surface area (Å²) >= 11 is 0. The molecular weight excluding hydrogens is 312 g/mol. The van der Waals surface area contributed by atoms with Crippen LogP contribution in [0.1, 0.15) is 12.5 Å². The van der Waals surface area contributed by atoms with Gasteiger partial charge in [-0.15, -0.1) is 0 Å². The number of carbonyl (C=O) groups excluding carboxylic acids is 1. The molecular formula is C22H18O3. The first-order valence-electron chi connectivity index (χ1n) is 8.20. The minimum atomic E-state index is -0.319. The molecule has 3 nitrogen and oxygen atoms in total. The van der Waals surface area contributed by atoms with E-state index in [2.05, 4.69) is 25.1 Å². The van der Waals surface area contributed by atoms with E-state index in [0.717, 1.165) is 38.1 Å². The van der Waals surface area contributed by atoms with Crippen molar-refractivity contribution in [2.45, 2.75) is 13.8 Å². The summed E-state index contributed by atoms with van der Waals surface area (Å²) in [6.45, 7) is 3.55. The molecule has 0 radical (unpaired) electrons. The molecule has 25 heavy (non-hydrogen) atoms. The summed E-state index contributed by atoms with van der Waals surface area (Å²) in [4.78, 5) is 11.8. The molecule has 0 N–H and O–H groups in total. The summed E-state index contributed by atoms with van der Waals surface area (Å²) in [5.41, 5.74) is 1.18. The second-order valence-corrected chi connectivity index (χ2v) is 6.17. The van der Waals surface area contributed by atoms with Crippen molar-refractivity contribution < 1.29 is 14.3 Å². The lowest BCUT2D eigenvalue weighted by Crippen LogP contribution is -2.03. The van der Waals surface area contributed by atoms with Crippen LogP contribution in [-0.4, -0.2) is 13.1 Å². The number of hydrogen-bond donors (Lipinski definition) is 0. The highest BCUT2D eigenvalue weighted by molar-refractivity contribution is 6.19. The Morgan fingerprint density at radius 1 is 0.880 bits per heavy atom. The van der Waals surface area contributed by atoms with Gasteiger partial charge in [0.15, 0.2) is 0 Å². The van der Waals surface area contributed by atoms with Crippen molar-refractivity contribution in [3.8, 4) is 11.5 Å². The Hall–Kier alpha value is -3.07. The third-order valence-electron chi connectivity index (χ3n) is 4.68. The Kier molecular flexibility index (Phi) is 3.57. The van der Waals surface area contributed by atoms with Crippen LogP contribution in [0.15, 0.2) is 54.6 Å². The van der Waals surface area contributed by atoms with Gasteiger partial charge in [-0.05, 0) is 52.2 Å². The number of hydrogen-bond acceptors (Lipinski definition) is 3. The number of ether oxygens (including phenoxy) is 2.